The van der Waals surface area contributed by atoms with Crippen LogP contribution in [0.3, 0.4) is 0 Å². The number of carbonyl (C=O) groups excluding carboxylic acids is 1. The Morgan fingerprint density at radius 3 is 1.26 bits per heavy atom. The van der Waals surface area contributed by atoms with Crippen molar-refractivity contribution in [3.8, 4) is 0 Å². The molecule has 0 spiro atoms. The van der Waals surface area contributed by atoms with E-state index >= 15 is 0 Å². The topological polar surface area (TPSA) is 64.1 Å². The fourth-order valence-electron chi connectivity index (χ4n) is 4.34. The second kappa shape index (κ2) is 30.2. The molecule has 1 aliphatic heterocycles. The van der Waals surface area contributed by atoms with Crippen molar-refractivity contribution in [2.75, 3.05) is 46.3 Å². The Kier molecular flexibility index (Phi) is 30.9. The van der Waals surface area contributed by atoms with Gasteiger partial charge in [0, 0.05) is 45.7 Å². The first-order valence-electron chi connectivity index (χ1n) is 16.3. The molecule has 0 atom stereocenters. The second-order valence-corrected chi connectivity index (χ2v) is 10.8. The summed E-state index contributed by atoms with van der Waals surface area (Å²) in [5.74, 6) is -0.653. The molecule has 0 aromatic heterocycles. The minimum Gasteiger partial charge on any atom is -0.481 e. The van der Waals surface area contributed by atoms with Crippen molar-refractivity contribution < 1.29 is 14.7 Å². The van der Waals surface area contributed by atoms with Gasteiger partial charge in [0.1, 0.15) is 0 Å². The predicted molar refractivity (Wildman–Crippen MR) is 165 cm³/mol. The highest BCUT2D eigenvalue weighted by Crippen LogP contribution is 2.13. The molecule has 6 heteroatoms. The number of amides is 2. The number of likely N-dealkylation sites (N-methyl/N-ethyl adjacent to an activating group) is 1. The summed E-state index contributed by atoms with van der Waals surface area (Å²) >= 11 is 0. The molecule has 6 nitrogen and oxygen atoms in total. The third kappa shape index (κ3) is 26.3. The summed E-state index contributed by atoms with van der Waals surface area (Å²) in [6, 6.07) is 0.197. The summed E-state index contributed by atoms with van der Waals surface area (Å²) in [4.78, 5) is 28.3. The highest BCUT2D eigenvalue weighted by atomic mass is 16.4. The number of rotatable bonds is 19. The van der Waals surface area contributed by atoms with Crippen molar-refractivity contribution in [2.45, 2.75) is 150 Å². The first-order valence-corrected chi connectivity index (χ1v) is 16.3. The van der Waals surface area contributed by atoms with Gasteiger partial charge in [0.15, 0.2) is 0 Å². The lowest BCUT2D eigenvalue weighted by atomic mass is 10.0. The highest BCUT2D eigenvalue weighted by molar-refractivity contribution is 5.74. The molecule has 1 N–H and O–H groups in total. The van der Waals surface area contributed by atoms with E-state index < -0.39 is 5.97 Å². The van der Waals surface area contributed by atoms with Crippen LogP contribution in [0.5, 0.6) is 0 Å². The van der Waals surface area contributed by atoms with Gasteiger partial charge in [-0.1, -0.05) is 124 Å². The van der Waals surface area contributed by atoms with Gasteiger partial charge in [0.2, 0.25) is 0 Å². The first kappa shape index (κ1) is 38.8. The lowest BCUT2D eigenvalue weighted by Gasteiger charge is -2.35. The number of urea groups is 1. The predicted octanol–water partition coefficient (Wildman–Crippen LogP) is 8.83. The summed E-state index contributed by atoms with van der Waals surface area (Å²) in [5.41, 5.74) is 0. The Bertz CT molecular complexity index is 502. The van der Waals surface area contributed by atoms with E-state index in [0.29, 0.717) is 6.42 Å². The van der Waals surface area contributed by atoms with Gasteiger partial charge in [-0.05, 0) is 27.3 Å². The molecule has 1 fully saturated rings. The van der Waals surface area contributed by atoms with Crippen LogP contribution in [0.25, 0.3) is 0 Å². The molecule has 0 saturated carbocycles. The minimum absolute atomic E-state index is 0.197. The van der Waals surface area contributed by atoms with Crippen molar-refractivity contribution >= 4 is 12.0 Å². The molecule has 1 heterocycles. The Balaban J connectivity index is 0. The molecule has 38 heavy (non-hydrogen) atoms. The first-order chi connectivity index (χ1) is 18.4. The lowest BCUT2D eigenvalue weighted by Crippen LogP contribution is -2.51. The smallest absolute Gasteiger partial charge is 0.320 e. The van der Waals surface area contributed by atoms with Crippen LogP contribution in [-0.2, 0) is 4.79 Å². The molecular weight excluding hydrogens is 474 g/mol. The fourth-order valence-corrected chi connectivity index (χ4v) is 4.34. The number of unbranched alkanes of at least 4 members (excludes halogenated alkanes) is 15. The van der Waals surface area contributed by atoms with Crippen LogP contribution in [0, 0.1) is 0 Å². The molecule has 0 bridgehead atoms. The second-order valence-electron chi connectivity index (χ2n) is 10.8. The maximum Gasteiger partial charge on any atom is 0.320 e. The summed E-state index contributed by atoms with van der Waals surface area (Å²) in [6.45, 7) is 16.0. The summed E-state index contributed by atoms with van der Waals surface area (Å²) in [7, 11) is 2.10. The summed E-state index contributed by atoms with van der Waals surface area (Å²) in [6.07, 6.45) is 22.8. The molecule has 0 aromatic carbocycles. The van der Waals surface area contributed by atoms with Gasteiger partial charge < -0.3 is 19.8 Å². The molecule has 1 rings (SSSR count). The highest BCUT2D eigenvalue weighted by Gasteiger charge is 2.21. The van der Waals surface area contributed by atoms with E-state index in [9.17, 15) is 9.59 Å². The van der Waals surface area contributed by atoms with Gasteiger partial charge in [-0.2, -0.15) is 0 Å². The maximum atomic E-state index is 11.9. The zero-order valence-electron chi connectivity index (χ0n) is 26.6. The van der Waals surface area contributed by atoms with E-state index in [1.807, 2.05) is 23.6 Å². The van der Waals surface area contributed by atoms with Gasteiger partial charge in [-0.3, -0.25) is 4.79 Å². The lowest BCUT2D eigenvalue weighted by molar-refractivity contribution is -0.137. The number of aliphatic carboxylic acids is 1. The molecular formula is C32H67N3O3. The molecule has 0 aromatic rings. The van der Waals surface area contributed by atoms with Gasteiger partial charge in [-0.15, -0.1) is 0 Å². The molecule has 1 saturated heterocycles. The molecule has 0 aliphatic carbocycles. The molecule has 0 unspecified atom stereocenters. The quantitative estimate of drug-likeness (QED) is 0.166. The average Bonchev–Trinajstić information content (AvgIpc) is 2.92. The zero-order valence-corrected chi connectivity index (χ0v) is 26.6. The summed E-state index contributed by atoms with van der Waals surface area (Å²) < 4.78 is 0. The van der Waals surface area contributed by atoms with Crippen LogP contribution in [0.2, 0.25) is 0 Å². The van der Waals surface area contributed by atoms with Crippen LogP contribution < -0.4 is 0 Å². The van der Waals surface area contributed by atoms with E-state index in [2.05, 4.69) is 32.7 Å². The largest absolute Gasteiger partial charge is 0.481 e. The number of nitrogens with zero attached hydrogens (tertiary/aromatic N) is 3. The van der Waals surface area contributed by atoms with Gasteiger partial charge in [0.25, 0.3) is 0 Å². The van der Waals surface area contributed by atoms with Crippen LogP contribution in [0.15, 0.2) is 0 Å². The van der Waals surface area contributed by atoms with E-state index in [-0.39, 0.29) is 6.03 Å². The number of carbonyl (C=O) groups is 2. The third-order valence-electron chi connectivity index (χ3n) is 7.30. The van der Waals surface area contributed by atoms with Crippen LogP contribution >= 0.6 is 0 Å². The van der Waals surface area contributed by atoms with E-state index in [1.165, 1.54) is 96.3 Å². The monoisotopic (exact) mass is 542 g/mol. The van der Waals surface area contributed by atoms with Crippen molar-refractivity contribution in [1.29, 1.82) is 0 Å². The number of hydrogen-bond donors (Lipinski definition) is 1. The maximum absolute atomic E-state index is 11.9. The number of piperazine rings is 1. The van der Waals surface area contributed by atoms with Crippen molar-refractivity contribution in [3.63, 3.8) is 0 Å². The molecule has 228 valence electrons. The third-order valence-corrected chi connectivity index (χ3v) is 7.30. The molecule has 1 aliphatic rings. The summed E-state index contributed by atoms with van der Waals surface area (Å²) in [5, 5.41) is 8.52. The normalized spacial score (nSPS) is 13.3. The Labute approximate surface area is 237 Å². The van der Waals surface area contributed by atoms with Crippen LogP contribution in [0.4, 0.5) is 4.79 Å². The number of carboxylic acids is 1. The average molecular weight is 542 g/mol. The van der Waals surface area contributed by atoms with Crippen molar-refractivity contribution in [2.24, 2.45) is 0 Å². The van der Waals surface area contributed by atoms with Crippen LogP contribution in [0.1, 0.15) is 150 Å². The Hall–Kier alpha value is -1.30. The van der Waals surface area contributed by atoms with Crippen LogP contribution in [-0.4, -0.2) is 78.1 Å². The van der Waals surface area contributed by atoms with E-state index in [1.54, 1.807) is 0 Å². The standard InChI is InChI=1S/C18H36O2.C10H21N3O.C4H10/c1-2-3-4-5-6-7-8-9-10-11-12-13-14-15-16-17-18(19)20;1-4-12(5-2)10(14)13-8-6-11(3)7-9-13;1-3-4-2/h2-17H2,1H3,(H,19,20);4-9H2,1-3H3;3-4H2,1-2H3. The fraction of sp³-hybridized carbons (Fsp3) is 0.938. The van der Waals surface area contributed by atoms with Gasteiger partial charge >= 0.3 is 12.0 Å². The van der Waals surface area contributed by atoms with E-state index in [4.69, 9.17) is 5.11 Å². The number of carboxylic acid groups (broad SMARTS) is 1. The molecule has 0 radical (unpaired) electrons. The Morgan fingerprint density at radius 1 is 0.579 bits per heavy atom. The molecule has 2 amide bonds. The van der Waals surface area contributed by atoms with Crippen molar-refractivity contribution in [1.82, 2.24) is 14.7 Å². The Morgan fingerprint density at radius 2 is 0.947 bits per heavy atom. The van der Waals surface area contributed by atoms with E-state index in [0.717, 1.165) is 52.1 Å². The van der Waals surface area contributed by atoms with Crippen molar-refractivity contribution in [3.05, 3.63) is 0 Å². The zero-order chi connectivity index (χ0) is 28.9. The van der Waals surface area contributed by atoms with Gasteiger partial charge in [0.05, 0.1) is 0 Å². The van der Waals surface area contributed by atoms with Gasteiger partial charge in [-0.25, -0.2) is 4.79 Å². The number of hydrogen-bond acceptors (Lipinski definition) is 3. The SMILES string of the molecule is CCCC.CCCCCCCCCCCCCCCCCC(=O)O.CCN(CC)C(=O)N1CCN(C)CC1. The minimum atomic E-state index is -0.653.